The fourth-order valence-corrected chi connectivity index (χ4v) is 4.53. The van der Waals surface area contributed by atoms with Gasteiger partial charge in [-0.15, -0.1) is 35.7 Å². The summed E-state index contributed by atoms with van der Waals surface area (Å²) in [5.74, 6) is 2.61. The molecule has 2 unspecified atom stereocenters. The minimum Gasteiger partial charge on any atom is -0.387 e. The van der Waals surface area contributed by atoms with Crippen molar-refractivity contribution >= 4 is 53.5 Å². The number of rotatable bonds is 7. The summed E-state index contributed by atoms with van der Waals surface area (Å²) >= 11 is 3.65. The third-order valence-corrected chi connectivity index (χ3v) is 5.94. The lowest BCUT2D eigenvalue weighted by molar-refractivity contribution is 0.0778. The molecule has 0 aliphatic carbocycles. The van der Waals surface area contributed by atoms with Crippen LogP contribution in [0.1, 0.15) is 20.3 Å². The van der Waals surface area contributed by atoms with Crippen molar-refractivity contribution in [3.8, 4) is 0 Å². The number of halogens is 1. The first-order valence-corrected chi connectivity index (χ1v) is 10.2. The second-order valence-electron chi connectivity index (χ2n) is 5.84. The van der Waals surface area contributed by atoms with Crippen LogP contribution in [0.25, 0.3) is 0 Å². The smallest absolute Gasteiger partial charge is 0.191 e. The fourth-order valence-electron chi connectivity index (χ4n) is 2.30. The Hall–Kier alpha value is -0.120. The highest BCUT2D eigenvalue weighted by Crippen LogP contribution is 2.27. The van der Waals surface area contributed by atoms with E-state index < -0.39 is 5.60 Å². The van der Waals surface area contributed by atoms with E-state index in [-0.39, 0.29) is 24.0 Å². The van der Waals surface area contributed by atoms with E-state index in [0.717, 1.165) is 37.0 Å². The van der Waals surface area contributed by atoms with Crippen LogP contribution in [0.15, 0.2) is 40.2 Å². The third-order valence-electron chi connectivity index (χ3n) is 3.60. The Morgan fingerprint density at radius 2 is 2.12 bits per heavy atom. The number of nitrogens with zero attached hydrogens (tertiary/aromatic N) is 1. The number of thioether (sulfide) groups is 2. The molecule has 1 aromatic carbocycles. The van der Waals surface area contributed by atoms with Crippen LogP contribution in [0.3, 0.4) is 0 Å². The molecule has 0 bridgehead atoms. The van der Waals surface area contributed by atoms with Gasteiger partial charge in [0, 0.05) is 29.0 Å². The summed E-state index contributed by atoms with van der Waals surface area (Å²) in [6.45, 7) is 6.38. The highest BCUT2D eigenvalue weighted by atomic mass is 127. The summed E-state index contributed by atoms with van der Waals surface area (Å²) in [5.41, 5.74) is -0.628. The average molecular weight is 481 g/mol. The van der Waals surface area contributed by atoms with Crippen molar-refractivity contribution in [1.82, 2.24) is 10.6 Å². The lowest BCUT2D eigenvalue weighted by atomic mass is 10.1. The molecule has 0 radical (unpaired) electrons. The number of guanidine groups is 1. The monoisotopic (exact) mass is 481 g/mol. The number of aliphatic hydroxyl groups is 1. The summed E-state index contributed by atoms with van der Waals surface area (Å²) in [6.07, 6.45) is 0.834. The molecule has 1 saturated heterocycles. The molecule has 136 valence electrons. The van der Waals surface area contributed by atoms with Gasteiger partial charge in [-0.2, -0.15) is 11.8 Å². The number of aliphatic imine (C=N–C) groups is 1. The SMILES string of the molecule is CCNC(=NCC1(O)CCSC1)NCC(C)Sc1ccccc1.I. The average Bonchev–Trinajstić information content (AvgIpc) is 2.98. The molecule has 7 heteroatoms. The molecule has 0 saturated carbocycles. The van der Waals surface area contributed by atoms with Crippen LogP contribution in [-0.2, 0) is 0 Å². The molecule has 1 fully saturated rings. The molecule has 4 nitrogen and oxygen atoms in total. The topological polar surface area (TPSA) is 56.7 Å². The van der Waals surface area contributed by atoms with Gasteiger partial charge in [0.25, 0.3) is 0 Å². The van der Waals surface area contributed by atoms with Gasteiger partial charge in [0.2, 0.25) is 0 Å². The van der Waals surface area contributed by atoms with Gasteiger partial charge >= 0.3 is 0 Å². The Balaban J connectivity index is 0.00000288. The van der Waals surface area contributed by atoms with Gasteiger partial charge in [0.1, 0.15) is 0 Å². The number of hydrogen-bond acceptors (Lipinski definition) is 4. The summed E-state index contributed by atoms with van der Waals surface area (Å²) < 4.78 is 0. The Morgan fingerprint density at radius 3 is 2.75 bits per heavy atom. The first kappa shape index (κ1) is 21.9. The minimum atomic E-state index is -0.628. The van der Waals surface area contributed by atoms with Crippen LogP contribution in [-0.4, -0.2) is 53.1 Å². The van der Waals surface area contributed by atoms with Gasteiger partial charge in [0.05, 0.1) is 12.1 Å². The van der Waals surface area contributed by atoms with Crippen LogP contribution in [0, 0.1) is 0 Å². The van der Waals surface area contributed by atoms with Gasteiger partial charge in [0.15, 0.2) is 5.96 Å². The van der Waals surface area contributed by atoms with E-state index in [1.165, 1.54) is 4.90 Å². The maximum absolute atomic E-state index is 10.4. The molecule has 1 aromatic rings. The van der Waals surface area contributed by atoms with Gasteiger partial charge in [-0.25, -0.2) is 0 Å². The molecule has 0 spiro atoms. The lowest BCUT2D eigenvalue weighted by Crippen LogP contribution is -2.42. The highest BCUT2D eigenvalue weighted by molar-refractivity contribution is 14.0. The van der Waals surface area contributed by atoms with Crippen molar-refractivity contribution in [2.45, 2.75) is 36.0 Å². The van der Waals surface area contributed by atoms with Crippen LogP contribution in [0.4, 0.5) is 0 Å². The zero-order chi connectivity index (χ0) is 16.5. The molecule has 0 aromatic heterocycles. The Morgan fingerprint density at radius 1 is 1.38 bits per heavy atom. The number of nitrogens with one attached hydrogen (secondary N) is 2. The van der Waals surface area contributed by atoms with Gasteiger partial charge in [-0.05, 0) is 31.2 Å². The first-order chi connectivity index (χ1) is 11.1. The highest BCUT2D eigenvalue weighted by Gasteiger charge is 2.31. The van der Waals surface area contributed by atoms with Crippen molar-refractivity contribution in [1.29, 1.82) is 0 Å². The molecule has 1 aliphatic rings. The molecule has 1 aliphatic heterocycles. The first-order valence-electron chi connectivity index (χ1n) is 8.15. The summed E-state index contributed by atoms with van der Waals surface area (Å²) in [4.78, 5) is 5.85. The standard InChI is InChI=1S/C17H27N3OS2.HI/c1-3-18-16(20-12-17(21)9-10-22-13-17)19-11-14(2)23-15-7-5-4-6-8-15;/h4-8,14,21H,3,9-13H2,1-2H3,(H2,18,19,20);1H. The van der Waals surface area contributed by atoms with E-state index in [2.05, 4.69) is 53.7 Å². The van der Waals surface area contributed by atoms with Crippen molar-refractivity contribution in [2.75, 3.05) is 31.1 Å². The van der Waals surface area contributed by atoms with Crippen LogP contribution in [0.5, 0.6) is 0 Å². The van der Waals surface area contributed by atoms with E-state index >= 15 is 0 Å². The van der Waals surface area contributed by atoms with Crippen molar-refractivity contribution < 1.29 is 5.11 Å². The van der Waals surface area contributed by atoms with E-state index in [9.17, 15) is 5.11 Å². The van der Waals surface area contributed by atoms with E-state index in [1.54, 1.807) is 11.8 Å². The Bertz CT molecular complexity index is 496. The summed E-state index contributed by atoms with van der Waals surface area (Å²) in [6, 6.07) is 10.4. The van der Waals surface area contributed by atoms with E-state index in [0.29, 0.717) is 11.8 Å². The number of hydrogen-bond donors (Lipinski definition) is 3. The van der Waals surface area contributed by atoms with Gasteiger partial charge < -0.3 is 15.7 Å². The molecule has 3 N–H and O–H groups in total. The van der Waals surface area contributed by atoms with E-state index in [4.69, 9.17) is 0 Å². The Labute approximate surface area is 171 Å². The van der Waals surface area contributed by atoms with Gasteiger partial charge in [-0.1, -0.05) is 25.1 Å². The summed E-state index contributed by atoms with van der Waals surface area (Å²) in [7, 11) is 0. The van der Waals surface area contributed by atoms with Crippen LogP contribution >= 0.6 is 47.5 Å². The summed E-state index contributed by atoms with van der Waals surface area (Å²) in [5, 5.41) is 17.5. The second kappa shape index (κ2) is 11.5. The van der Waals surface area contributed by atoms with Crippen LogP contribution in [0.2, 0.25) is 0 Å². The molecule has 24 heavy (non-hydrogen) atoms. The molecule has 0 amide bonds. The zero-order valence-corrected chi connectivity index (χ0v) is 18.3. The third kappa shape index (κ3) is 7.84. The van der Waals surface area contributed by atoms with Crippen molar-refractivity contribution in [3.05, 3.63) is 30.3 Å². The fraction of sp³-hybridized carbons (Fsp3) is 0.588. The second-order valence-corrected chi connectivity index (χ2v) is 8.46. The largest absolute Gasteiger partial charge is 0.387 e. The maximum Gasteiger partial charge on any atom is 0.191 e. The number of benzene rings is 1. The van der Waals surface area contributed by atoms with Crippen LogP contribution < -0.4 is 10.6 Å². The van der Waals surface area contributed by atoms with E-state index in [1.807, 2.05) is 17.8 Å². The lowest BCUT2D eigenvalue weighted by Gasteiger charge is -2.20. The quantitative estimate of drug-likeness (QED) is 0.242. The molecular formula is C17H28IN3OS2. The normalized spacial score (nSPS) is 21.9. The maximum atomic E-state index is 10.4. The zero-order valence-electron chi connectivity index (χ0n) is 14.3. The minimum absolute atomic E-state index is 0. The van der Waals surface area contributed by atoms with Crippen molar-refractivity contribution in [2.24, 2.45) is 4.99 Å². The molecule has 1 heterocycles. The predicted molar refractivity (Wildman–Crippen MR) is 118 cm³/mol. The van der Waals surface area contributed by atoms with Crippen molar-refractivity contribution in [3.63, 3.8) is 0 Å². The molecular weight excluding hydrogens is 453 g/mol. The molecule has 2 rings (SSSR count). The predicted octanol–water partition coefficient (Wildman–Crippen LogP) is 3.21. The molecule has 2 atom stereocenters. The Kier molecular flexibility index (Phi) is 10.5. The van der Waals surface area contributed by atoms with Gasteiger partial charge in [-0.3, -0.25) is 4.99 Å².